The number of anilines is 1. The summed E-state index contributed by atoms with van der Waals surface area (Å²) in [7, 11) is 3.42. The third-order valence-electron chi connectivity index (χ3n) is 3.88. The number of aromatic nitrogens is 3. The monoisotopic (exact) mass is 361 g/mol. The Hall–Kier alpha value is -2.55. The average molecular weight is 361 g/mol. The van der Waals surface area contributed by atoms with Crippen LogP contribution in [-0.2, 0) is 16.6 Å². The van der Waals surface area contributed by atoms with E-state index in [0.29, 0.717) is 18.1 Å². The van der Waals surface area contributed by atoms with E-state index in [-0.39, 0.29) is 23.6 Å². The number of benzene rings is 1. The fraction of sp³-hybridized carbons (Fsp3) is 0.375. The van der Waals surface area contributed by atoms with Crippen molar-refractivity contribution in [1.29, 1.82) is 0 Å². The van der Waals surface area contributed by atoms with E-state index in [4.69, 9.17) is 4.74 Å². The van der Waals surface area contributed by atoms with Crippen LogP contribution in [0.25, 0.3) is 0 Å². The van der Waals surface area contributed by atoms with Gasteiger partial charge in [0, 0.05) is 25.7 Å². The number of rotatable bonds is 6. The third-order valence-corrected chi connectivity index (χ3v) is 4.91. The highest BCUT2D eigenvalue weighted by Gasteiger charge is 2.31. The molecule has 25 heavy (non-hydrogen) atoms. The number of hydrogen-bond donors (Lipinski definition) is 1. The van der Waals surface area contributed by atoms with Gasteiger partial charge in [0.1, 0.15) is 12.1 Å². The van der Waals surface area contributed by atoms with E-state index in [1.165, 1.54) is 11.8 Å². The Morgan fingerprint density at radius 3 is 2.80 bits per heavy atom. The van der Waals surface area contributed by atoms with E-state index in [0.717, 1.165) is 11.4 Å². The van der Waals surface area contributed by atoms with E-state index in [9.17, 15) is 9.59 Å². The minimum Gasteiger partial charge on any atom is -0.497 e. The molecule has 0 bridgehead atoms. The highest BCUT2D eigenvalue weighted by Crippen LogP contribution is 2.24. The van der Waals surface area contributed by atoms with Crippen molar-refractivity contribution in [1.82, 2.24) is 20.1 Å². The molecule has 132 valence electrons. The standard InChI is InChI=1S/C16H19N5O3S/c1-20-10-17-19-16(20)25-9-14(22)18-11-7-15(23)21(8-11)12-3-5-13(24-2)6-4-12/h3-6,10-11H,7-9H2,1-2H3,(H,18,22). The number of nitrogens with zero attached hydrogens (tertiary/aromatic N) is 4. The van der Waals surface area contributed by atoms with Crippen molar-refractivity contribution in [3.63, 3.8) is 0 Å². The van der Waals surface area contributed by atoms with Crippen molar-refractivity contribution in [3.05, 3.63) is 30.6 Å². The van der Waals surface area contributed by atoms with Crippen LogP contribution in [0.3, 0.4) is 0 Å². The number of carbonyl (C=O) groups excluding carboxylic acids is 2. The Bertz CT molecular complexity index is 761. The fourth-order valence-corrected chi connectivity index (χ4v) is 3.32. The molecule has 0 spiro atoms. The van der Waals surface area contributed by atoms with E-state index in [2.05, 4.69) is 15.5 Å². The molecule has 1 aromatic carbocycles. The zero-order chi connectivity index (χ0) is 17.8. The minimum absolute atomic E-state index is 0.00331. The number of ether oxygens (including phenoxy) is 1. The van der Waals surface area contributed by atoms with Crippen LogP contribution in [0.4, 0.5) is 5.69 Å². The van der Waals surface area contributed by atoms with Gasteiger partial charge in [-0.2, -0.15) is 0 Å². The molecule has 0 aliphatic carbocycles. The molecule has 0 saturated carbocycles. The number of carbonyl (C=O) groups is 2. The molecular weight excluding hydrogens is 342 g/mol. The molecule has 1 saturated heterocycles. The van der Waals surface area contributed by atoms with Gasteiger partial charge in [0.2, 0.25) is 11.8 Å². The number of thioether (sulfide) groups is 1. The summed E-state index contributed by atoms with van der Waals surface area (Å²) in [6.07, 6.45) is 1.88. The summed E-state index contributed by atoms with van der Waals surface area (Å²) in [5, 5.41) is 11.3. The number of hydrogen-bond acceptors (Lipinski definition) is 6. The summed E-state index contributed by atoms with van der Waals surface area (Å²) in [6.45, 7) is 0.464. The third kappa shape index (κ3) is 4.11. The maximum atomic E-state index is 12.2. The molecule has 1 aliphatic rings. The fourth-order valence-electron chi connectivity index (χ4n) is 2.62. The first-order chi connectivity index (χ1) is 12.1. The first-order valence-corrected chi connectivity index (χ1v) is 8.76. The summed E-state index contributed by atoms with van der Waals surface area (Å²) < 4.78 is 6.88. The summed E-state index contributed by atoms with van der Waals surface area (Å²) in [5.74, 6) is 0.847. The molecule has 2 amide bonds. The Kier molecular flexibility index (Phi) is 5.22. The number of methoxy groups -OCH3 is 1. The Morgan fingerprint density at radius 1 is 1.40 bits per heavy atom. The van der Waals surface area contributed by atoms with Crippen molar-refractivity contribution in [2.24, 2.45) is 7.05 Å². The molecular formula is C16H19N5O3S. The largest absolute Gasteiger partial charge is 0.497 e. The van der Waals surface area contributed by atoms with Gasteiger partial charge in [-0.15, -0.1) is 10.2 Å². The average Bonchev–Trinajstić information content (AvgIpc) is 3.18. The van der Waals surface area contributed by atoms with E-state index in [1.54, 1.807) is 22.9 Å². The maximum absolute atomic E-state index is 12.2. The topological polar surface area (TPSA) is 89.3 Å². The first-order valence-electron chi connectivity index (χ1n) is 7.77. The lowest BCUT2D eigenvalue weighted by molar-refractivity contribution is -0.119. The molecule has 1 aliphatic heterocycles. The zero-order valence-corrected chi connectivity index (χ0v) is 14.8. The lowest BCUT2D eigenvalue weighted by atomic mass is 10.2. The van der Waals surface area contributed by atoms with Crippen LogP contribution in [0.15, 0.2) is 35.7 Å². The number of amides is 2. The van der Waals surface area contributed by atoms with Crippen molar-refractivity contribution in [2.75, 3.05) is 24.3 Å². The van der Waals surface area contributed by atoms with Crippen LogP contribution in [0.1, 0.15) is 6.42 Å². The number of aryl methyl sites for hydroxylation is 1. The molecule has 8 nitrogen and oxygen atoms in total. The van der Waals surface area contributed by atoms with E-state index < -0.39 is 0 Å². The van der Waals surface area contributed by atoms with E-state index >= 15 is 0 Å². The molecule has 1 atom stereocenters. The normalized spacial score (nSPS) is 17.0. The van der Waals surface area contributed by atoms with Gasteiger partial charge in [0.25, 0.3) is 0 Å². The van der Waals surface area contributed by atoms with Gasteiger partial charge < -0.3 is 19.5 Å². The molecule has 0 radical (unpaired) electrons. The van der Waals surface area contributed by atoms with Gasteiger partial charge in [-0.1, -0.05) is 11.8 Å². The Balaban J connectivity index is 1.53. The SMILES string of the molecule is COc1ccc(N2CC(NC(=O)CSc3nncn3C)CC2=O)cc1. The zero-order valence-electron chi connectivity index (χ0n) is 14.0. The van der Waals surface area contributed by atoms with Gasteiger partial charge in [0.15, 0.2) is 5.16 Å². The lowest BCUT2D eigenvalue weighted by Crippen LogP contribution is -2.38. The lowest BCUT2D eigenvalue weighted by Gasteiger charge is -2.17. The predicted molar refractivity (Wildman–Crippen MR) is 93.6 cm³/mol. The second-order valence-electron chi connectivity index (χ2n) is 5.68. The number of nitrogens with one attached hydrogen (secondary N) is 1. The predicted octanol–water partition coefficient (Wildman–Crippen LogP) is 0.837. The maximum Gasteiger partial charge on any atom is 0.230 e. The molecule has 1 N–H and O–H groups in total. The molecule has 2 aromatic rings. The van der Waals surface area contributed by atoms with Crippen molar-refractivity contribution in [2.45, 2.75) is 17.6 Å². The van der Waals surface area contributed by atoms with Crippen molar-refractivity contribution in [3.8, 4) is 5.75 Å². The van der Waals surface area contributed by atoms with Crippen LogP contribution < -0.4 is 15.0 Å². The molecule has 3 rings (SSSR count). The van der Waals surface area contributed by atoms with Gasteiger partial charge in [-0.25, -0.2) is 0 Å². The summed E-state index contributed by atoms with van der Waals surface area (Å²) in [6, 6.07) is 7.11. The Morgan fingerprint density at radius 2 is 2.16 bits per heavy atom. The smallest absolute Gasteiger partial charge is 0.230 e. The summed E-state index contributed by atoms with van der Waals surface area (Å²) in [4.78, 5) is 26.0. The highest BCUT2D eigenvalue weighted by atomic mass is 32.2. The first kappa shape index (κ1) is 17.3. The van der Waals surface area contributed by atoms with Gasteiger partial charge in [-0.3, -0.25) is 9.59 Å². The van der Waals surface area contributed by atoms with Crippen LogP contribution in [0.2, 0.25) is 0 Å². The van der Waals surface area contributed by atoms with Gasteiger partial charge in [0.05, 0.1) is 18.9 Å². The minimum atomic E-state index is -0.192. The van der Waals surface area contributed by atoms with Crippen LogP contribution in [0, 0.1) is 0 Å². The molecule has 1 fully saturated rings. The quantitative estimate of drug-likeness (QED) is 0.767. The van der Waals surface area contributed by atoms with Gasteiger partial charge in [-0.05, 0) is 24.3 Å². The Labute approximate surface area is 149 Å². The highest BCUT2D eigenvalue weighted by molar-refractivity contribution is 7.99. The van der Waals surface area contributed by atoms with E-state index in [1.807, 2.05) is 31.3 Å². The second-order valence-corrected chi connectivity index (χ2v) is 6.63. The molecule has 2 heterocycles. The van der Waals surface area contributed by atoms with Gasteiger partial charge >= 0.3 is 0 Å². The van der Waals surface area contributed by atoms with Crippen molar-refractivity contribution < 1.29 is 14.3 Å². The molecule has 1 unspecified atom stereocenters. The van der Waals surface area contributed by atoms with Crippen LogP contribution in [0.5, 0.6) is 5.75 Å². The molecule has 1 aromatic heterocycles. The molecule has 9 heteroatoms. The summed E-state index contributed by atoms with van der Waals surface area (Å²) >= 11 is 1.31. The second kappa shape index (κ2) is 7.56. The summed E-state index contributed by atoms with van der Waals surface area (Å²) in [5.41, 5.74) is 0.802. The van der Waals surface area contributed by atoms with Crippen LogP contribution in [-0.4, -0.2) is 52.0 Å². The van der Waals surface area contributed by atoms with Crippen LogP contribution >= 0.6 is 11.8 Å². The van der Waals surface area contributed by atoms with Crippen molar-refractivity contribution >= 4 is 29.3 Å².